The lowest BCUT2D eigenvalue weighted by Gasteiger charge is -2.37. The van der Waals surface area contributed by atoms with Crippen molar-refractivity contribution in [2.45, 2.75) is 38.8 Å². The quantitative estimate of drug-likeness (QED) is 0.499. The highest BCUT2D eigenvalue weighted by Gasteiger charge is 2.27. The second-order valence-corrected chi connectivity index (χ2v) is 7.16. The summed E-state index contributed by atoms with van der Waals surface area (Å²) in [5, 5.41) is 0. The van der Waals surface area contributed by atoms with Crippen LogP contribution in [0.25, 0.3) is 0 Å². The van der Waals surface area contributed by atoms with Gasteiger partial charge in [-0.05, 0) is 33.4 Å². The molecule has 0 unspecified atom stereocenters. The van der Waals surface area contributed by atoms with E-state index < -0.39 is 0 Å². The summed E-state index contributed by atoms with van der Waals surface area (Å²) in [5.74, 6) is 0.395. The van der Waals surface area contributed by atoms with Crippen LogP contribution < -0.4 is 0 Å². The summed E-state index contributed by atoms with van der Waals surface area (Å²) >= 11 is 0. The Bertz CT molecular complexity index is 533. The van der Waals surface area contributed by atoms with Gasteiger partial charge in [-0.2, -0.15) is 0 Å². The number of carbonyl (C=O) groups excluding carboxylic acids is 1. The Balaban J connectivity index is 1.66. The Labute approximate surface area is 162 Å². The number of methoxy groups -OCH3 is 1. The number of amides is 1. The number of carbonyl (C=O) groups is 1. The van der Waals surface area contributed by atoms with Crippen LogP contribution in [0.5, 0.6) is 0 Å². The van der Waals surface area contributed by atoms with Crippen molar-refractivity contribution in [1.29, 1.82) is 0 Å². The molecule has 0 aromatic rings. The third-order valence-corrected chi connectivity index (χ3v) is 5.10. The fourth-order valence-electron chi connectivity index (χ4n) is 3.28. The monoisotopic (exact) mass is 379 g/mol. The molecular weight excluding hydrogens is 346 g/mol. The summed E-state index contributed by atoms with van der Waals surface area (Å²) in [6, 6.07) is 0.528. The number of aliphatic imine (C=N–C) groups is 2. The Morgan fingerprint density at radius 3 is 2.41 bits per heavy atom. The summed E-state index contributed by atoms with van der Waals surface area (Å²) in [5.41, 5.74) is 0. The van der Waals surface area contributed by atoms with Crippen LogP contribution in [0.2, 0.25) is 0 Å². The molecule has 0 saturated carbocycles. The lowest BCUT2D eigenvalue weighted by atomic mass is 10.1. The number of hydrogen-bond donors (Lipinski definition) is 0. The highest BCUT2D eigenvalue weighted by atomic mass is 16.6. The zero-order chi connectivity index (χ0) is 19.6. The SMILES string of the molecule is C=N/C(=C\N=C/CN1CCC(OC(=O)N2CCN(C(C)C)CC2)CC1)OC. The van der Waals surface area contributed by atoms with Crippen LogP contribution in [0.4, 0.5) is 4.79 Å². The van der Waals surface area contributed by atoms with Gasteiger partial charge in [0.15, 0.2) is 0 Å². The molecule has 2 heterocycles. The van der Waals surface area contributed by atoms with Crippen molar-refractivity contribution in [3.63, 3.8) is 0 Å². The van der Waals surface area contributed by atoms with Crippen LogP contribution in [0.1, 0.15) is 26.7 Å². The van der Waals surface area contributed by atoms with Crippen LogP contribution in [0.3, 0.4) is 0 Å². The second-order valence-electron chi connectivity index (χ2n) is 7.16. The average Bonchev–Trinajstić information content (AvgIpc) is 2.69. The van der Waals surface area contributed by atoms with Gasteiger partial charge in [0.25, 0.3) is 0 Å². The second kappa shape index (κ2) is 11.0. The molecule has 152 valence electrons. The minimum Gasteiger partial charge on any atom is -0.480 e. The van der Waals surface area contributed by atoms with Crippen molar-refractivity contribution < 1.29 is 14.3 Å². The summed E-state index contributed by atoms with van der Waals surface area (Å²) < 4.78 is 10.7. The van der Waals surface area contributed by atoms with Gasteiger partial charge in [-0.15, -0.1) is 0 Å². The number of piperidine rings is 1. The van der Waals surface area contributed by atoms with E-state index in [0.29, 0.717) is 11.9 Å². The van der Waals surface area contributed by atoms with Gasteiger partial charge in [-0.1, -0.05) is 0 Å². The lowest BCUT2D eigenvalue weighted by molar-refractivity contribution is 0.0187. The van der Waals surface area contributed by atoms with E-state index >= 15 is 0 Å². The van der Waals surface area contributed by atoms with Crippen molar-refractivity contribution in [2.24, 2.45) is 9.98 Å². The highest BCUT2D eigenvalue weighted by molar-refractivity contribution is 5.68. The number of hydrogen-bond acceptors (Lipinski definition) is 7. The first kappa shape index (κ1) is 21.4. The van der Waals surface area contributed by atoms with E-state index in [0.717, 1.165) is 58.7 Å². The van der Waals surface area contributed by atoms with Crippen LogP contribution >= 0.6 is 0 Å². The summed E-state index contributed by atoms with van der Waals surface area (Å²) in [4.78, 5) is 26.7. The molecule has 0 bridgehead atoms. The summed E-state index contributed by atoms with van der Waals surface area (Å²) in [6.45, 7) is 13.7. The van der Waals surface area contributed by atoms with Gasteiger partial charge in [0.05, 0.1) is 13.3 Å². The largest absolute Gasteiger partial charge is 0.480 e. The van der Waals surface area contributed by atoms with Gasteiger partial charge in [-0.3, -0.25) is 14.8 Å². The van der Waals surface area contributed by atoms with Gasteiger partial charge in [-0.25, -0.2) is 9.79 Å². The van der Waals surface area contributed by atoms with E-state index in [1.165, 1.54) is 7.11 Å². The average molecular weight is 380 g/mol. The minimum atomic E-state index is -0.160. The van der Waals surface area contributed by atoms with Crippen molar-refractivity contribution in [2.75, 3.05) is 52.9 Å². The Kier molecular flexibility index (Phi) is 8.74. The molecule has 8 heteroatoms. The minimum absolute atomic E-state index is 0.0128. The number of piperazine rings is 1. The van der Waals surface area contributed by atoms with Crippen LogP contribution in [0, 0.1) is 0 Å². The molecule has 0 atom stereocenters. The Morgan fingerprint density at radius 1 is 1.19 bits per heavy atom. The standard InChI is InChI=1S/C19H33N5O3/c1-16(2)23-11-13-24(14-12-23)19(25)27-17-5-8-22(9-6-17)10-7-21-15-18(20-3)26-4/h7,15-17H,3,5-6,8-14H2,1-2,4H3/b18-15+,21-7-. The molecule has 0 aromatic carbocycles. The fraction of sp³-hybridized carbons (Fsp3) is 0.737. The van der Waals surface area contributed by atoms with Crippen LogP contribution in [0.15, 0.2) is 22.1 Å². The third kappa shape index (κ3) is 6.95. The Hall–Kier alpha value is -1.93. The molecule has 2 aliphatic heterocycles. The van der Waals surface area contributed by atoms with Crippen molar-refractivity contribution >= 4 is 19.0 Å². The van der Waals surface area contributed by atoms with Crippen LogP contribution in [-0.2, 0) is 9.47 Å². The Morgan fingerprint density at radius 2 is 1.85 bits per heavy atom. The molecule has 2 fully saturated rings. The smallest absolute Gasteiger partial charge is 0.410 e. The maximum absolute atomic E-state index is 12.4. The number of nitrogens with zero attached hydrogens (tertiary/aromatic N) is 5. The van der Waals surface area contributed by atoms with Gasteiger partial charge in [0, 0.05) is 58.1 Å². The molecule has 8 nitrogen and oxygen atoms in total. The maximum atomic E-state index is 12.4. The zero-order valence-corrected chi connectivity index (χ0v) is 16.8. The van der Waals surface area contributed by atoms with E-state index in [1.54, 1.807) is 6.20 Å². The molecule has 1 amide bonds. The lowest BCUT2D eigenvalue weighted by Crippen LogP contribution is -2.51. The van der Waals surface area contributed by atoms with E-state index in [-0.39, 0.29) is 12.2 Å². The van der Waals surface area contributed by atoms with Crippen molar-refractivity contribution in [3.8, 4) is 0 Å². The molecule has 0 aliphatic carbocycles. The molecule has 27 heavy (non-hydrogen) atoms. The fourth-order valence-corrected chi connectivity index (χ4v) is 3.28. The maximum Gasteiger partial charge on any atom is 0.410 e. The topological polar surface area (TPSA) is 70.0 Å². The predicted octanol–water partition coefficient (Wildman–Crippen LogP) is 1.83. The van der Waals surface area contributed by atoms with E-state index in [4.69, 9.17) is 9.47 Å². The highest BCUT2D eigenvalue weighted by Crippen LogP contribution is 2.15. The number of likely N-dealkylation sites (tertiary alicyclic amines) is 1. The molecule has 2 saturated heterocycles. The van der Waals surface area contributed by atoms with Crippen molar-refractivity contribution in [1.82, 2.24) is 14.7 Å². The van der Waals surface area contributed by atoms with Gasteiger partial charge < -0.3 is 14.4 Å². The first-order valence-corrected chi connectivity index (χ1v) is 9.68. The third-order valence-electron chi connectivity index (χ3n) is 5.10. The summed E-state index contributed by atoms with van der Waals surface area (Å²) in [6.07, 6.45) is 4.94. The van der Waals surface area contributed by atoms with E-state index in [2.05, 4.69) is 40.3 Å². The number of rotatable bonds is 7. The molecule has 0 aromatic heterocycles. The number of ether oxygens (including phenoxy) is 2. The van der Waals surface area contributed by atoms with E-state index in [9.17, 15) is 4.79 Å². The first-order chi connectivity index (χ1) is 13.0. The molecule has 2 rings (SSSR count). The molecule has 0 radical (unpaired) electrons. The van der Waals surface area contributed by atoms with Crippen LogP contribution in [-0.4, -0.2) is 98.8 Å². The molecule has 0 spiro atoms. The molecule has 0 N–H and O–H groups in total. The van der Waals surface area contributed by atoms with Gasteiger partial charge in [0.1, 0.15) is 6.10 Å². The first-order valence-electron chi connectivity index (χ1n) is 9.68. The predicted molar refractivity (Wildman–Crippen MR) is 107 cm³/mol. The molecule has 2 aliphatic rings. The summed E-state index contributed by atoms with van der Waals surface area (Å²) in [7, 11) is 1.53. The van der Waals surface area contributed by atoms with Gasteiger partial charge in [0.2, 0.25) is 5.88 Å². The van der Waals surface area contributed by atoms with E-state index in [1.807, 2.05) is 11.1 Å². The van der Waals surface area contributed by atoms with Crippen molar-refractivity contribution in [3.05, 3.63) is 12.1 Å². The zero-order valence-electron chi connectivity index (χ0n) is 16.8. The van der Waals surface area contributed by atoms with Gasteiger partial charge >= 0.3 is 6.09 Å². The normalized spacial score (nSPS) is 21.0. The molecular formula is C19H33N5O3.